The molecular weight excluding hydrogens is 302 g/mol. The SMILES string of the molecule is Nc1c(C(=O)O)cc(Cc2ccc(Cl)nc2)c2cccnc12. The van der Waals surface area contributed by atoms with Crippen molar-refractivity contribution in [2.75, 3.05) is 5.73 Å². The molecule has 0 aliphatic carbocycles. The number of carbonyl (C=O) groups is 1. The zero-order valence-electron chi connectivity index (χ0n) is 11.5. The normalized spacial score (nSPS) is 10.8. The van der Waals surface area contributed by atoms with Crippen molar-refractivity contribution in [2.45, 2.75) is 6.42 Å². The highest BCUT2D eigenvalue weighted by Gasteiger charge is 2.15. The molecule has 0 bridgehead atoms. The summed E-state index contributed by atoms with van der Waals surface area (Å²) in [6.07, 6.45) is 3.78. The van der Waals surface area contributed by atoms with Crippen molar-refractivity contribution in [3.63, 3.8) is 0 Å². The highest BCUT2D eigenvalue weighted by atomic mass is 35.5. The maximum Gasteiger partial charge on any atom is 0.337 e. The molecule has 3 aromatic rings. The van der Waals surface area contributed by atoms with E-state index in [-0.39, 0.29) is 11.3 Å². The number of nitrogen functional groups attached to an aromatic ring is 1. The molecule has 22 heavy (non-hydrogen) atoms. The third-order valence-corrected chi connectivity index (χ3v) is 3.65. The molecule has 2 heterocycles. The van der Waals surface area contributed by atoms with Crippen molar-refractivity contribution in [3.05, 3.63) is 64.6 Å². The Labute approximate surface area is 131 Å². The first-order valence-electron chi connectivity index (χ1n) is 6.56. The molecule has 0 saturated heterocycles. The van der Waals surface area contributed by atoms with Crippen LogP contribution < -0.4 is 5.73 Å². The summed E-state index contributed by atoms with van der Waals surface area (Å²) in [5.74, 6) is -1.07. The monoisotopic (exact) mass is 313 g/mol. The van der Waals surface area contributed by atoms with E-state index in [0.29, 0.717) is 17.1 Å². The fourth-order valence-electron chi connectivity index (χ4n) is 2.39. The van der Waals surface area contributed by atoms with Gasteiger partial charge in [-0.1, -0.05) is 23.7 Å². The van der Waals surface area contributed by atoms with E-state index >= 15 is 0 Å². The lowest BCUT2D eigenvalue weighted by atomic mass is 9.97. The highest BCUT2D eigenvalue weighted by Crippen LogP contribution is 2.28. The second-order valence-corrected chi connectivity index (χ2v) is 5.25. The lowest BCUT2D eigenvalue weighted by molar-refractivity contribution is 0.0698. The fourth-order valence-corrected chi connectivity index (χ4v) is 2.50. The third kappa shape index (κ3) is 2.58. The van der Waals surface area contributed by atoms with E-state index in [4.69, 9.17) is 17.3 Å². The number of nitrogens with zero attached hydrogens (tertiary/aromatic N) is 2. The minimum absolute atomic E-state index is 0.0584. The van der Waals surface area contributed by atoms with Crippen LogP contribution in [0.5, 0.6) is 0 Å². The van der Waals surface area contributed by atoms with Crippen molar-refractivity contribution in [1.29, 1.82) is 0 Å². The number of carboxylic acid groups (broad SMARTS) is 1. The summed E-state index contributed by atoms with van der Waals surface area (Å²) in [6, 6.07) is 8.83. The van der Waals surface area contributed by atoms with Gasteiger partial charge in [-0.2, -0.15) is 0 Å². The number of hydrogen-bond donors (Lipinski definition) is 2. The number of carboxylic acids is 1. The average molecular weight is 314 g/mol. The van der Waals surface area contributed by atoms with Crippen molar-refractivity contribution in [3.8, 4) is 0 Å². The van der Waals surface area contributed by atoms with Gasteiger partial charge >= 0.3 is 5.97 Å². The summed E-state index contributed by atoms with van der Waals surface area (Å²) in [5, 5.41) is 10.6. The van der Waals surface area contributed by atoms with Crippen LogP contribution in [-0.2, 0) is 6.42 Å². The van der Waals surface area contributed by atoms with E-state index in [1.165, 1.54) is 0 Å². The molecule has 0 aliphatic rings. The topological polar surface area (TPSA) is 89.1 Å². The first-order chi connectivity index (χ1) is 10.6. The summed E-state index contributed by atoms with van der Waals surface area (Å²) in [6.45, 7) is 0. The maximum absolute atomic E-state index is 11.4. The number of aromatic carboxylic acids is 1. The van der Waals surface area contributed by atoms with E-state index in [0.717, 1.165) is 16.5 Å². The third-order valence-electron chi connectivity index (χ3n) is 3.43. The van der Waals surface area contributed by atoms with Crippen LogP contribution in [0.25, 0.3) is 10.9 Å². The van der Waals surface area contributed by atoms with Crippen LogP contribution in [0.1, 0.15) is 21.5 Å². The number of benzene rings is 1. The molecule has 0 saturated carbocycles. The summed E-state index contributed by atoms with van der Waals surface area (Å²) in [4.78, 5) is 19.6. The average Bonchev–Trinajstić information content (AvgIpc) is 2.52. The van der Waals surface area contributed by atoms with E-state index in [1.54, 1.807) is 30.6 Å². The van der Waals surface area contributed by atoms with Gasteiger partial charge in [0.1, 0.15) is 5.15 Å². The summed E-state index contributed by atoms with van der Waals surface area (Å²) in [7, 11) is 0. The highest BCUT2D eigenvalue weighted by molar-refractivity contribution is 6.29. The first-order valence-corrected chi connectivity index (χ1v) is 6.94. The summed E-state index contributed by atoms with van der Waals surface area (Å²) < 4.78 is 0. The lowest BCUT2D eigenvalue weighted by Gasteiger charge is -2.11. The molecule has 0 amide bonds. The Morgan fingerprint density at radius 1 is 1.27 bits per heavy atom. The van der Waals surface area contributed by atoms with Gasteiger partial charge in [0.2, 0.25) is 0 Å². The Balaban J connectivity index is 2.17. The predicted molar refractivity (Wildman–Crippen MR) is 85.2 cm³/mol. The van der Waals surface area contributed by atoms with Gasteiger partial charge < -0.3 is 10.8 Å². The van der Waals surface area contributed by atoms with Gasteiger partial charge in [-0.3, -0.25) is 4.98 Å². The number of hydrogen-bond acceptors (Lipinski definition) is 4. The van der Waals surface area contributed by atoms with Crippen LogP contribution >= 0.6 is 11.6 Å². The molecule has 3 rings (SSSR count). The van der Waals surface area contributed by atoms with E-state index in [1.807, 2.05) is 12.1 Å². The van der Waals surface area contributed by atoms with Gasteiger partial charge in [-0.15, -0.1) is 0 Å². The van der Waals surface area contributed by atoms with Crippen LogP contribution in [0, 0.1) is 0 Å². The van der Waals surface area contributed by atoms with E-state index in [9.17, 15) is 9.90 Å². The van der Waals surface area contributed by atoms with Gasteiger partial charge in [0.05, 0.1) is 16.8 Å². The summed E-state index contributed by atoms with van der Waals surface area (Å²) >= 11 is 5.78. The molecule has 1 aromatic carbocycles. The second kappa shape index (κ2) is 5.61. The largest absolute Gasteiger partial charge is 0.478 e. The van der Waals surface area contributed by atoms with Crippen molar-refractivity contribution in [2.24, 2.45) is 0 Å². The molecule has 2 aromatic heterocycles. The molecule has 0 unspecified atom stereocenters. The van der Waals surface area contributed by atoms with Crippen LogP contribution in [0.2, 0.25) is 5.15 Å². The van der Waals surface area contributed by atoms with Crippen LogP contribution in [0.15, 0.2) is 42.7 Å². The Morgan fingerprint density at radius 3 is 2.77 bits per heavy atom. The molecule has 0 spiro atoms. The molecule has 6 heteroatoms. The van der Waals surface area contributed by atoms with Crippen molar-refractivity contribution in [1.82, 2.24) is 9.97 Å². The molecule has 0 aliphatic heterocycles. The van der Waals surface area contributed by atoms with Crippen LogP contribution in [-0.4, -0.2) is 21.0 Å². The first kappa shape index (κ1) is 14.3. The van der Waals surface area contributed by atoms with Crippen LogP contribution in [0.4, 0.5) is 5.69 Å². The van der Waals surface area contributed by atoms with Gasteiger partial charge in [0.25, 0.3) is 0 Å². The van der Waals surface area contributed by atoms with Crippen LogP contribution in [0.3, 0.4) is 0 Å². The molecular formula is C16H12ClN3O2. The van der Waals surface area contributed by atoms with E-state index in [2.05, 4.69) is 9.97 Å². The number of aromatic nitrogens is 2. The second-order valence-electron chi connectivity index (χ2n) is 4.87. The Bertz CT molecular complexity index is 863. The Hall–Kier alpha value is -2.66. The molecule has 110 valence electrons. The quantitative estimate of drug-likeness (QED) is 0.572. The standard InChI is InChI=1S/C16H12ClN3O2/c17-13-4-3-9(8-20-13)6-10-7-12(16(21)22)14(18)15-11(10)2-1-5-19-15/h1-5,7-8H,6,18H2,(H,21,22). The number of rotatable bonds is 3. The van der Waals surface area contributed by atoms with Gasteiger partial charge in [0.15, 0.2) is 0 Å². The van der Waals surface area contributed by atoms with Gasteiger partial charge in [-0.25, -0.2) is 9.78 Å². The zero-order valence-corrected chi connectivity index (χ0v) is 12.2. The molecule has 3 N–H and O–H groups in total. The number of fused-ring (bicyclic) bond motifs is 1. The zero-order chi connectivity index (χ0) is 15.7. The van der Waals surface area contributed by atoms with E-state index < -0.39 is 5.97 Å². The molecule has 0 radical (unpaired) electrons. The maximum atomic E-state index is 11.4. The molecule has 0 atom stereocenters. The molecule has 0 fully saturated rings. The summed E-state index contributed by atoms with van der Waals surface area (Å²) in [5.41, 5.74) is 8.43. The van der Waals surface area contributed by atoms with Gasteiger partial charge in [0, 0.05) is 17.8 Å². The Kier molecular flexibility index (Phi) is 3.65. The number of pyridine rings is 2. The smallest absolute Gasteiger partial charge is 0.337 e. The number of nitrogens with two attached hydrogens (primary N) is 1. The molecule has 5 nitrogen and oxygen atoms in total. The fraction of sp³-hybridized carbons (Fsp3) is 0.0625. The minimum atomic E-state index is -1.07. The van der Waals surface area contributed by atoms with Crippen molar-refractivity contribution >= 4 is 34.2 Å². The minimum Gasteiger partial charge on any atom is -0.478 e. The number of anilines is 1. The van der Waals surface area contributed by atoms with Gasteiger partial charge in [-0.05, 0) is 35.7 Å². The Morgan fingerprint density at radius 2 is 2.09 bits per heavy atom. The number of halogens is 1. The predicted octanol–water partition coefficient (Wildman–Crippen LogP) is 3.15. The lowest BCUT2D eigenvalue weighted by Crippen LogP contribution is -2.06. The van der Waals surface area contributed by atoms with Crippen molar-refractivity contribution < 1.29 is 9.90 Å².